The van der Waals surface area contributed by atoms with Gasteiger partial charge in [-0.25, -0.2) is 0 Å². The number of carbonyl (C=O) groups excluding carboxylic acids is 3. The predicted molar refractivity (Wildman–Crippen MR) is 138 cm³/mol. The Morgan fingerprint density at radius 3 is 2.28 bits per heavy atom. The standard InChI is InChI=1S/C27H34N4O4S/c1-35-21-7-5-20(6-8-21)26(9-10-26)24(33)29-27(11-13-28-14-12-27)25(34)31-16-3-15-30(17-18-31)23(32)22-4-2-19-36-22/h2,4-8,19,28H,3,9-18H2,1H3,(H,29,33). The molecule has 1 aliphatic carbocycles. The third-order valence-electron chi connectivity index (χ3n) is 7.85. The molecule has 8 nitrogen and oxygen atoms in total. The van der Waals surface area contributed by atoms with E-state index in [4.69, 9.17) is 4.74 Å². The lowest BCUT2D eigenvalue weighted by Gasteiger charge is -2.41. The summed E-state index contributed by atoms with van der Waals surface area (Å²) in [6.07, 6.45) is 3.39. The molecule has 5 rings (SSSR count). The van der Waals surface area contributed by atoms with E-state index < -0.39 is 11.0 Å². The fraction of sp³-hybridized carbons (Fsp3) is 0.519. The van der Waals surface area contributed by atoms with Crippen molar-refractivity contribution < 1.29 is 19.1 Å². The summed E-state index contributed by atoms with van der Waals surface area (Å²) >= 11 is 1.44. The van der Waals surface area contributed by atoms with E-state index in [1.165, 1.54) is 11.3 Å². The Bertz CT molecular complexity index is 1090. The lowest BCUT2D eigenvalue weighted by Crippen LogP contribution is -2.65. The van der Waals surface area contributed by atoms with Crippen LogP contribution in [0.15, 0.2) is 41.8 Å². The van der Waals surface area contributed by atoms with Crippen LogP contribution in [0.2, 0.25) is 0 Å². The highest BCUT2D eigenvalue weighted by atomic mass is 32.1. The third kappa shape index (κ3) is 4.74. The van der Waals surface area contributed by atoms with E-state index in [9.17, 15) is 14.4 Å². The first-order valence-corrected chi connectivity index (χ1v) is 13.7. The number of amides is 3. The summed E-state index contributed by atoms with van der Waals surface area (Å²) in [7, 11) is 1.63. The van der Waals surface area contributed by atoms with E-state index in [1.54, 1.807) is 7.11 Å². The minimum absolute atomic E-state index is 0.0201. The maximum absolute atomic E-state index is 14.0. The highest BCUT2D eigenvalue weighted by molar-refractivity contribution is 7.12. The monoisotopic (exact) mass is 510 g/mol. The second-order valence-electron chi connectivity index (χ2n) is 10.0. The summed E-state index contributed by atoms with van der Waals surface area (Å²) in [6.45, 7) is 3.55. The van der Waals surface area contributed by atoms with Crippen molar-refractivity contribution in [1.29, 1.82) is 0 Å². The molecule has 36 heavy (non-hydrogen) atoms. The fourth-order valence-electron chi connectivity index (χ4n) is 5.45. The van der Waals surface area contributed by atoms with Crippen LogP contribution >= 0.6 is 11.3 Å². The highest BCUT2D eigenvalue weighted by Gasteiger charge is 2.54. The number of nitrogens with zero attached hydrogens (tertiary/aromatic N) is 2. The maximum Gasteiger partial charge on any atom is 0.263 e. The number of hydrogen-bond acceptors (Lipinski definition) is 6. The Morgan fingerprint density at radius 1 is 0.944 bits per heavy atom. The van der Waals surface area contributed by atoms with Crippen LogP contribution in [0, 0.1) is 0 Å². The van der Waals surface area contributed by atoms with Gasteiger partial charge in [0.25, 0.3) is 5.91 Å². The smallest absolute Gasteiger partial charge is 0.263 e. The van der Waals surface area contributed by atoms with Crippen LogP contribution < -0.4 is 15.4 Å². The number of carbonyl (C=O) groups is 3. The van der Waals surface area contributed by atoms with Gasteiger partial charge in [-0.3, -0.25) is 14.4 Å². The van der Waals surface area contributed by atoms with Crippen LogP contribution in [0.5, 0.6) is 5.75 Å². The third-order valence-corrected chi connectivity index (χ3v) is 8.71. The Labute approximate surface area is 216 Å². The average Bonchev–Trinajstić information content (AvgIpc) is 3.62. The molecule has 0 spiro atoms. The molecule has 0 bridgehead atoms. The second kappa shape index (κ2) is 10.2. The molecule has 0 unspecified atom stereocenters. The van der Waals surface area contributed by atoms with Crippen LogP contribution in [0.25, 0.3) is 0 Å². The minimum Gasteiger partial charge on any atom is -0.497 e. The van der Waals surface area contributed by atoms with Crippen LogP contribution in [0.1, 0.15) is 47.3 Å². The molecule has 192 valence electrons. The van der Waals surface area contributed by atoms with E-state index in [1.807, 2.05) is 51.6 Å². The lowest BCUT2D eigenvalue weighted by molar-refractivity contribution is -0.143. The molecular formula is C27H34N4O4S. The maximum atomic E-state index is 14.0. The van der Waals surface area contributed by atoms with Gasteiger partial charge >= 0.3 is 0 Å². The quantitative estimate of drug-likeness (QED) is 0.623. The van der Waals surface area contributed by atoms with Crippen LogP contribution in [0.3, 0.4) is 0 Å². The Kier molecular flexibility index (Phi) is 7.03. The van der Waals surface area contributed by atoms with E-state index in [2.05, 4.69) is 10.6 Å². The Hall–Kier alpha value is -2.91. The highest BCUT2D eigenvalue weighted by Crippen LogP contribution is 2.49. The van der Waals surface area contributed by atoms with Crippen molar-refractivity contribution in [2.45, 2.75) is 43.1 Å². The van der Waals surface area contributed by atoms with Crippen molar-refractivity contribution in [3.63, 3.8) is 0 Å². The topological polar surface area (TPSA) is 91.0 Å². The number of nitrogens with one attached hydrogen (secondary N) is 2. The molecule has 2 aromatic rings. The first kappa shape index (κ1) is 24.8. The number of piperidine rings is 1. The van der Waals surface area contributed by atoms with Gasteiger partial charge in [0.15, 0.2) is 0 Å². The Morgan fingerprint density at radius 2 is 1.64 bits per heavy atom. The summed E-state index contributed by atoms with van der Waals surface area (Å²) in [5, 5.41) is 8.49. The lowest BCUT2D eigenvalue weighted by atomic mass is 9.84. The van der Waals surface area contributed by atoms with Gasteiger partial charge in [-0.15, -0.1) is 11.3 Å². The van der Waals surface area contributed by atoms with Gasteiger partial charge in [-0.05, 0) is 74.3 Å². The van der Waals surface area contributed by atoms with Crippen LogP contribution in [-0.2, 0) is 15.0 Å². The number of methoxy groups -OCH3 is 1. The van der Waals surface area contributed by atoms with Crippen molar-refractivity contribution in [2.24, 2.45) is 0 Å². The molecule has 1 aromatic carbocycles. The zero-order chi connectivity index (χ0) is 25.2. The van der Waals surface area contributed by atoms with Gasteiger partial charge in [0, 0.05) is 26.2 Å². The molecule has 2 saturated heterocycles. The van der Waals surface area contributed by atoms with Crippen LogP contribution in [0.4, 0.5) is 0 Å². The zero-order valence-electron chi connectivity index (χ0n) is 20.8. The molecule has 3 amide bonds. The van der Waals surface area contributed by atoms with Gasteiger partial charge < -0.3 is 25.2 Å². The molecule has 2 aliphatic heterocycles. The number of hydrogen-bond donors (Lipinski definition) is 2. The first-order valence-electron chi connectivity index (χ1n) is 12.8. The summed E-state index contributed by atoms with van der Waals surface area (Å²) in [5.41, 5.74) is -0.528. The SMILES string of the molecule is COc1ccc(C2(C(=O)NC3(C(=O)N4CCCN(C(=O)c5cccs5)CC4)CCNCC3)CC2)cc1. The first-order chi connectivity index (χ1) is 17.5. The second-order valence-corrected chi connectivity index (χ2v) is 11.0. The fourth-order valence-corrected chi connectivity index (χ4v) is 6.14. The molecule has 1 saturated carbocycles. The van der Waals surface area contributed by atoms with Crippen molar-refractivity contribution in [1.82, 2.24) is 20.4 Å². The zero-order valence-corrected chi connectivity index (χ0v) is 21.6. The van der Waals surface area contributed by atoms with Gasteiger partial charge in [0.2, 0.25) is 11.8 Å². The molecule has 1 aromatic heterocycles. The molecule has 9 heteroatoms. The normalized spacial score (nSPS) is 20.8. The van der Waals surface area contributed by atoms with Crippen LogP contribution in [-0.4, -0.2) is 79.4 Å². The number of ether oxygens (including phenoxy) is 1. The van der Waals surface area contributed by atoms with E-state index in [0.29, 0.717) is 52.1 Å². The number of benzene rings is 1. The molecule has 3 aliphatic rings. The van der Waals surface area contributed by atoms with Crippen molar-refractivity contribution >= 4 is 29.1 Å². The average molecular weight is 511 g/mol. The van der Waals surface area contributed by atoms with Gasteiger partial charge in [0.05, 0.1) is 17.4 Å². The van der Waals surface area contributed by atoms with Gasteiger partial charge in [-0.2, -0.15) is 0 Å². The summed E-state index contributed by atoms with van der Waals surface area (Å²) in [4.78, 5) is 45.0. The predicted octanol–water partition coefficient (Wildman–Crippen LogP) is 2.40. The molecule has 0 atom stereocenters. The summed E-state index contributed by atoms with van der Waals surface area (Å²) < 4.78 is 5.27. The number of thiophene rings is 1. The van der Waals surface area contributed by atoms with Crippen molar-refractivity contribution in [2.75, 3.05) is 46.4 Å². The largest absolute Gasteiger partial charge is 0.497 e. The molecular weight excluding hydrogens is 476 g/mol. The van der Waals surface area contributed by atoms with E-state index in [-0.39, 0.29) is 17.7 Å². The summed E-state index contributed by atoms with van der Waals surface area (Å²) in [5.74, 6) is 0.701. The molecule has 3 heterocycles. The summed E-state index contributed by atoms with van der Waals surface area (Å²) in [6, 6.07) is 11.4. The Balaban J connectivity index is 1.30. The minimum atomic E-state index is -0.919. The number of rotatable bonds is 6. The van der Waals surface area contributed by atoms with E-state index >= 15 is 0 Å². The van der Waals surface area contributed by atoms with Crippen molar-refractivity contribution in [3.05, 3.63) is 52.2 Å². The molecule has 2 N–H and O–H groups in total. The van der Waals surface area contributed by atoms with Crippen molar-refractivity contribution in [3.8, 4) is 5.75 Å². The van der Waals surface area contributed by atoms with E-state index in [0.717, 1.165) is 35.5 Å². The van der Waals surface area contributed by atoms with Gasteiger partial charge in [0.1, 0.15) is 11.3 Å². The molecule has 0 radical (unpaired) electrons. The molecule has 3 fully saturated rings. The van der Waals surface area contributed by atoms with Gasteiger partial charge in [-0.1, -0.05) is 18.2 Å².